The number of nitrogens with one attached hydrogen (secondary N) is 2. The van der Waals surface area contributed by atoms with Gasteiger partial charge in [0, 0.05) is 26.5 Å². The molecule has 0 amide bonds. The van der Waals surface area contributed by atoms with Crippen LogP contribution in [0.15, 0.2) is 34.6 Å². The monoisotopic (exact) mass is 379 g/mol. The minimum atomic E-state index is -0.353. The SMILES string of the molecule is CCC(CNC(=NC)NCc1csc(N(C)C)n1)Oc1ccccc1F. The van der Waals surface area contributed by atoms with E-state index in [0.717, 1.165) is 17.2 Å². The summed E-state index contributed by atoms with van der Waals surface area (Å²) in [6.07, 6.45) is 0.585. The Kier molecular flexibility index (Phi) is 7.65. The van der Waals surface area contributed by atoms with Crippen LogP contribution in [0.3, 0.4) is 0 Å². The zero-order valence-corrected chi connectivity index (χ0v) is 16.4. The number of ether oxygens (including phenoxy) is 1. The van der Waals surface area contributed by atoms with Crippen LogP contribution in [0, 0.1) is 5.82 Å². The van der Waals surface area contributed by atoms with E-state index in [1.54, 1.807) is 36.6 Å². The standard InChI is InChI=1S/C18H26FN5OS/c1-5-14(25-16-9-7-6-8-15(16)19)11-22-17(20-2)21-10-13-12-26-18(23-13)24(3)4/h6-9,12,14H,5,10-11H2,1-4H3,(H2,20,21,22). The maximum Gasteiger partial charge on any atom is 0.191 e. The molecule has 0 radical (unpaired) electrons. The van der Waals surface area contributed by atoms with Crippen molar-refractivity contribution in [3.05, 3.63) is 41.2 Å². The van der Waals surface area contributed by atoms with Gasteiger partial charge in [0.15, 0.2) is 22.7 Å². The average Bonchev–Trinajstić information content (AvgIpc) is 3.11. The van der Waals surface area contributed by atoms with Gasteiger partial charge in [0.05, 0.1) is 18.8 Å². The maximum atomic E-state index is 13.7. The summed E-state index contributed by atoms with van der Waals surface area (Å²) in [5, 5.41) is 9.43. The molecule has 26 heavy (non-hydrogen) atoms. The molecule has 2 rings (SSSR count). The predicted molar refractivity (Wildman–Crippen MR) is 106 cm³/mol. The van der Waals surface area contributed by atoms with Gasteiger partial charge in [0.1, 0.15) is 6.10 Å². The first kappa shape index (κ1) is 20.0. The van der Waals surface area contributed by atoms with Crippen molar-refractivity contribution in [1.29, 1.82) is 0 Å². The number of hydrogen-bond donors (Lipinski definition) is 2. The first-order valence-corrected chi connectivity index (χ1v) is 9.38. The number of para-hydroxylation sites is 1. The molecule has 0 aliphatic carbocycles. The quantitative estimate of drug-likeness (QED) is 0.546. The van der Waals surface area contributed by atoms with Crippen molar-refractivity contribution in [3.8, 4) is 5.75 Å². The summed E-state index contributed by atoms with van der Waals surface area (Å²) in [7, 11) is 5.65. The molecular weight excluding hydrogens is 353 g/mol. The second-order valence-electron chi connectivity index (χ2n) is 5.90. The van der Waals surface area contributed by atoms with Gasteiger partial charge >= 0.3 is 0 Å². The Morgan fingerprint density at radius 1 is 1.35 bits per heavy atom. The van der Waals surface area contributed by atoms with E-state index in [1.165, 1.54) is 6.07 Å². The fourth-order valence-electron chi connectivity index (χ4n) is 2.18. The Labute approximate surface area is 158 Å². The summed E-state index contributed by atoms with van der Waals surface area (Å²) in [6.45, 7) is 3.10. The number of hydrogen-bond acceptors (Lipinski definition) is 5. The van der Waals surface area contributed by atoms with Crippen LogP contribution >= 0.6 is 11.3 Å². The number of aromatic nitrogens is 1. The Bertz CT molecular complexity index is 719. The molecule has 1 aromatic heterocycles. The predicted octanol–water partition coefficient (Wildman–Crippen LogP) is 2.87. The van der Waals surface area contributed by atoms with Gasteiger partial charge in [-0.05, 0) is 18.6 Å². The highest BCUT2D eigenvalue weighted by Crippen LogP contribution is 2.18. The van der Waals surface area contributed by atoms with Gasteiger partial charge in [-0.2, -0.15) is 0 Å². The van der Waals surface area contributed by atoms with Gasteiger partial charge in [-0.15, -0.1) is 11.3 Å². The first-order valence-electron chi connectivity index (χ1n) is 8.50. The lowest BCUT2D eigenvalue weighted by Gasteiger charge is -2.20. The van der Waals surface area contributed by atoms with Crippen molar-refractivity contribution in [2.75, 3.05) is 32.6 Å². The minimum Gasteiger partial charge on any atom is -0.486 e. The molecule has 142 valence electrons. The molecule has 0 aliphatic heterocycles. The number of thiazole rings is 1. The van der Waals surface area contributed by atoms with Crippen molar-refractivity contribution in [3.63, 3.8) is 0 Å². The van der Waals surface area contributed by atoms with Gasteiger partial charge in [-0.25, -0.2) is 9.37 Å². The molecule has 8 heteroatoms. The molecule has 1 atom stereocenters. The van der Waals surface area contributed by atoms with E-state index in [0.29, 0.717) is 19.0 Å². The smallest absolute Gasteiger partial charge is 0.191 e. The highest BCUT2D eigenvalue weighted by atomic mass is 32.1. The third-order valence-corrected chi connectivity index (χ3v) is 4.72. The van der Waals surface area contributed by atoms with Crippen LogP contribution in [0.25, 0.3) is 0 Å². The molecule has 0 spiro atoms. The van der Waals surface area contributed by atoms with E-state index in [4.69, 9.17) is 4.74 Å². The van der Waals surface area contributed by atoms with Crippen LogP contribution in [-0.4, -0.2) is 44.7 Å². The molecule has 1 heterocycles. The molecule has 6 nitrogen and oxygen atoms in total. The van der Waals surface area contributed by atoms with E-state index < -0.39 is 0 Å². The second-order valence-corrected chi connectivity index (χ2v) is 6.74. The number of anilines is 1. The molecular formula is C18H26FN5OS. The van der Waals surface area contributed by atoms with E-state index in [9.17, 15) is 4.39 Å². The molecule has 0 fully saturated rings. The van der Waals surface area contributed by atoms with E-state index in [-0.39, 0.29) is 17.7 Å². The number of benzene rings is 1. The van der Waals surface area contributed by atoms with Crippen LogP contribution in [0.2, 0.25) is 0 Å². The summed E-state index contributed by atoms with van der Waals surface area (Å²) in [5.41, 5.74) is 0.955. The van der Waals surface area contributed by atoms with Crippen LogP contribution in [0.5, 0.6) is 5.75 Å². The van der Waals surface area contributed by atoms with Gasteiger partial charge in [-0.1, -0.05) is 19.1 Å². The first-order chi connectivity index (χ1) is 12.5. The number of guanidine groups is 1. The Morgan fingerprint density at radius 3 is 2.73 bits per heavy atom. The topological polar surface area (TPSA) is 61.8 Å². The summed E-state index contributed by atoms with van der Waals surface area (Å²) in [5.74, 6) is 0.566. The van der Waals surface area contributed by atoms with Crippen LogP contribution in [0.1, 0.15) is 19.0 Å². The van der Waals surface area contributed by atoms with Crippen LogP contribution < -0.4 is 20.3 Å². The summed E-state index contributed by atoms with van der Waals surface area (Å²) in [4.78, 5) is 10.7. The lowest BCUT2D eigenvalue weighted by atomic mass is 10.2. The van der Waals surface area contributed by atoms with Crippen molar-refractivity contribution in [2.45, 2.75) is 26.0 Å². The van der Waals surface area contributed by atoms with Gasteiger partial charge in [0.25, 0.3) is 0 Å². The van der Waals surface area contributed by atoms with Gasteiger partial charge in [-0.3, -0.25) is 4.99 Å². The van der Waals surface area contributed by atoms with E-state index in [1.807, 2.05) is 31.3 Å². The highest BCUT2D eigenvalue weighted by molar-refractivity contribution is 7.13. The zero-order valence-electron chi connectivity index (χ0n) is 15.6. The zero-order chi connectivity index (χ0) is 18.9. The molecule has 1 aromatic carbocycles. The Hall–Kier alpha value is -2.35. The minimum absolute atomic E-state index is 0.162. The largest absolute Gasteiger partial charge is 0.486 e. The fraction of sp³-hybridized carbons (Fsp3) is 0.444. The third-order valence-electron chi connectivity index (χ3n) is 3.67. The fourth-order valence-corrected chi connectivity index (χ4v) is 2.94. The van der Waals surface area contributed by atoms with Gasteiger partial charge in [0.2, 0.25) is 0 Å². The molecule has 2 N–H and O–H groups in total. The highest BCUT2D eigenvalue weighted by Gasteiger charge is 2.12. The van der Waals surface area contributed by atoms with Crippen molar-refractivity contribution >= 4 is 22.4 Å². The lowest BCUT2D eigenvalue weighted by Crippen LogP contribution is -2.42. The molecule has 1 unspecified atom stereocenters. The number of nitrogens with zero attached hydrogens (tertiary/aromatic N) is 3. The third kappa shape index (κ3) is 5.87. The maximum absolute atomic E-state index is 13.7. The Morgan fingerprint density at radius 2 is 2.12 bits per heavy atom. The van der Waals surface area contributed by atoms with E-state index in [2.05, 4.69) is 20.6 Å². The molecule has 0 aliphatic rings. The summed E-state index contributed by atoms with van der Waals surface area (Å²) < 4.78 is 19.5. The Balaban J connectivity index is 1.83. The number of halogens is 1. The van der Waals surface area contributed by atoms with E-state index >= 15 is 0 Å². The second kappa shape index (κ2) is 9.96. The van der Waals surface area contributed by atoms with Gasteiger partial charge < -0.3 is 20.3 Å². The normalized spacial score (nSPS) is 12.6. The van der Waals surface area contributed by atoms with Crippen molar-refractivity contribution in [2.24, 2.45) is 4.99 Å². The van der Waals surface area contributed by atoms with Crippen molar-refractivity contribution in [1.82, 2.24) is 15.6 Å². The van der Waals surface area contributed by atoms with Crippen molar-refractivity contribution < 1.29 is 9.13 Å². The lowest BCUT2D eigenvalue weighted by molar-refractivity contribution is 0.191. The molecule has 0 bridgehead atoms. The number of rotatable bonds is 8. The molecule has 2 aromatic rings. The number of aliphatic imine (C=N–C) groups is 1. The van der Waals surface area contributed by atoms with Crippen LogP contribution in [-0.2, 0) is 6.54 Å². The summed E-state index contributed by atoms with van der Waals surface area (Å²) in [6, 6.07) is 6.43. The van der Waals surface area contributed by atoms with Crippen LogP contribution in [0.4, 0.5) is 9.52 Å². The molecule has 0 saturated carbocycles. The average molecular weight is 380 g/mol. The molecule has 0 saturated heterocycles. The summed E-state index contributed by atoms with van der Waals surface area (Å²) >= 11 is 1.60.